The molecule has 0 amide bonds. The third kappa shape index (κ3) is 6.89. The number of aromatic carboxylic acids is 1. The van der Waals surface area contributed by atoms with Crippen LogP contribution in [0.15, 0.2) is 28.5 Å². The lowest BCUT2D eigenvalue weighted by atomic mass is 10.1. The summed E-state index contributed by atoms with van der Waals surface area (Å²) in [7, 11) is 1.84. The smallest absolute Gasteiger partial charge is 0.338 e. The van der Waals surface area contributed by atoms with Crippen LogP contribution in [0.4, 0.5) is 5.69 Å². The van der Waals surface area contributed by atoms with Crippen LogP contribution in [0, 0.1) is 0 Å². The van der Waals surface area contributed by atoms with E-state index in [1.165, 1.54) is 38.2 Å². The van der Waals surface area contributed by atoms with Gasteiger partial charge < -0.3 is 5.11 Å². The van der Waals surface area contributed by atoms with Gasteiger partial charge in [0, 0.05) is 18.6 Å². The predicted octanol–water partition coefficient (Wildman–Crippen LogP) is 5.33. The zero-order valence-electron chi connectivity index (χ0n) is 13.3. The molecular formula is C16H24ClN3O2. The lowest BCUT2D eigenvalue weighted by Gasteiger charge is -2.11. The molecule has 0 saturated carbocycles. The molecule has 0 aliphatic heterocycles. The molecule has 5 nitrogen and oxygen atoms in total. The van der Waals surface area contributed by atoms with Crippen molar-refractivity contribution in [3.8, 4) is 0 Å². The number of halogens is 1. The summed E-state index contributed by atoms with van der Waals surface area (Å²) in [5.41, 5.74) is 0.371. The number of hydrogen-bond acceptors (Lipinski definition) is 3. The highest BCUT2D eigenvalue weighted by Gasteiger charge is 2.10. The van der Waals surface area contributed by atoms with Crippen LogP contribution in [0.2, 0.25) is 5.02 Å². The molecule has 1 rings (SSSR count). The van der Waals surface area contributed by atoms with Gasteiger partial charge in [-0.2, -0.15) is 0 Å². The molecule has 0 radical (unpaired) electrons. The highest BCUT2D eigenvalue weighted by molar-refractivity contribution is 6.31. The largest absolute Gasteiger partial charge is 0.478 e. The SMILES string of the molecule is CCCCCCCCN(C)N=Nc1ccc(Cl)cc1C(=O)O. The monoisotopic (exact) mass is 325 g/mol. The van der Waals surface area contributed by atoms with Crippen molar-refractivity contribution in [3.63, 3.8) is 0 Å². The lowest BCUT2D eigenvalue weighted by molar-refractivity contribution is 0.0697. The van der Waals surface area contributed by atoms with E-state index in [1.807, 2.05) is 7.05 Å². The van der Waals surface area contributed by atoms with Gasteiger partial charge in [-0.25, -0.2) is 4.79 Å². The Morgan fingerprint density at radius 1 is 1.23 bits per heavy atom. The summed E-state index contributed by atoms with van der Waals surface area (Å²) in [6.07, 6.45) is 7.33. The number of benzene rings is 1. The standard InChI is InChI=1S/C16H24ClN3O2/c1-3-4-5-6-7-8-11-20(2)19-18-15-10-9-13(17)12-14(15)16(21)22/h9-10,12H,3-8,11H2,1-2H3,(H,21,22). The van der Waals surface area contributed by atoms with Crippen molar-refractivity contribution < 1.29 is 9.90 Å². The van der Waals surface area contributed by atoms with Crippen molar-refractivity contribution in [3.05, 3.63) is 28.8 Å². The molecule has 0 bridgehead atoms. The van der Waals surface area contributed by atoms with Crippen molar-refractivity contribution in [1.82, 2.24) is 5.01 Å². The van der Waals surface area contributed by atoms with E-state index < -0.39 is 5.97 Å². The maximum absolute atomic E-state index is 11.1. The Bertz CT molecular complexity index is 506. The zero-order chi connectivity index (χ0) is 16.4. The molecule has 0 aliphatic carbocycles. The Morgan fingerprint density at radius 3 is 2.59 bits per heavy atom. The van der Waals surface area contributed by atoms with Gasteiger partial charge in [0.1, 0.15) is 5.69 Å². The van der Waals surface area contributed by atoms with Crippen molar-refractivity contribution in [2.75, 3.05) is 13.6 Å². The van der Waals surface area contributed by atoms with E-state index in [1.54, 1.807) is 17.1 Å². The molecule has 0 aromatic heterocycles. The maximum atomic E-state index is 11.1. The number of carboxylic acid groups (broad SMARTS) is 1. The minimum Gasteiger partial charge on any atom is -0.478 e. The van der Waals surface area contributed by atoms with Gasteiger partial charge in [-0.3, -0.25) is 5.01 Å². The summed E-state index contributed by atoms with van der Waals surface area (Å²) in [5, 5.41) is 19.3. The zero-order valence-corrected chi connectivity index (χ0v) is 14.0. The number of unbranched alkanes of at least 4 members (excludes halogenated alkanes) is 5. The fourth-order valence-corrected chi connectivity index (χ4v) is 2.23. The van der Waals surface area contributed by atoms with Gasteiger partial charge in [0.25, 0.3) is 0 Å². The van der Waals surface area contributed by atoms with Gasteiger partial charge in [0.15, 0.2) is 0 Å². The van der Waals surface area contributed by atoms with E-state index in [-0.39, 0.29) is 5.56 Å². The normalized spacial score (nSPS) is 11.0. The van der Waals surface area contributed by atoms with E-state index >= 15 is 0 Å². The maximum Gasteiger partial charge on any atom is 0.338 e. The van der Waals surface area contributed by atoms with E-state index in [0.717, 1.165) is 13.0 Å². The molecule has 0 heterocycles. The van der Waals surface area contributed by atoms with Crippen LogP contribution in [0.5, 0.6) is 0 Å². The average Bonchev–Trinajstić information content (AvgIpc) is 2.49. The van der Waals surface area contributed by atoms with Gasteiger partial charge in [-0.15, -0.1) is 5.11 Å². The van der Waals surface area contributed by atoms with Gasteiger partial charge >= 0.3 is 5.97 Å². The summed E-state index contributed by atoms with van der Waals surface area (Å²) >= 11 is 5.80. The Balaban J connectivity index is 2.45. The van der Waals surface area contributed by atoms with Crippen LogP contribution >= 0.6 is 11.6 Å². The fraction of sp³-hybridized carbons (Fsp3) is 0.562. The minimum atomic E-state index is -1.06. The van der Waals surface area contributed by atoms with Crippen LogP contribution in [0.1, 0.15) is 55.8 Å². The number of rotatable bonds is 10. The topological polar surface area (TPSA) is 65.3 Å². The molecule has 6 heteroatoms. The van der Waals surface area contributed by atoms with Gasteiger partial charge in [-0.1, -0.05) is 55.9 Å². The van der Waals surface area contributed by atoms with E-state index in [2.05, 4.69) is 17.3 Å². The van der Waals surface area contributed by atoms with Crippen LogP contribution in [0.25, 0.3) is 0 Å². The second-order valence-corrected chi connectivity index (χ2v) is 5.74. The highest BCUT2D eigenvalue weighted by atomic mass is 35.5. The van der Waals surface area contributed by atoms with E-state index in [0.29, 0.717) is 10.7 Å². The number of nitrogens with zero attached hydrogens (tertiary/aromatic N) is 3. The van der Waals surface area contributed by atoms with E-state index in [9.17, 15) is 4.79 Å². The first-order valence-corrected chi connectivity index (χ1v) is 8.08. The summed E-state index contributed by atoms with van der Waals surface area (Å²) in [4.78, 5) is 11.1. The Morgan fingerprint density at radius 2 is 1.91 bits per heavy atom. The molecule has 0 atom stereocenters. The molecule has 0 aliphatic rings. The summed E-state index contributed by atoms with van der Waals surface area (Å²) in [6, 6.07) is 4.55. The minimum absolute atomic E-state index is 0.0595. The molecule has 22 heavy (non-hydrogen) atoms. The summed E-state index contributed by atoms with van der Waals surface area (Å²) in [6.45, 7) is 3.02. The first-order chi connectivity index (χ1) is 10.5. The quantitative estimate of drug-likeness (QED) is 0.359. The third-order valence-corrected chi connectivity index (χ3v) is 3.56. The Kier molecular flexibility index (Phi) is 8.51. The molecule has 0 fully saturated rings. The molecule has 1 aromatic carbocycles. The third-order valence-electron chi connectivity index (χ3n) is 3.33. The molecule has 0 saturated heterocycles. The Hall–Kier alpha value is -1.62. The number of carboxylic acids is 1. The molecule has 0 unspecified atom stereocenters. The summed E-state index contributed by atoms with van der Waals surface area (Å²) < 4.78 is 0. The van der Waals surface area contributed by atoms with Crippen LogP contribution in [-0.2, 0) is 0 Å². The second-order valence-electron chi connectivity index (χ2n) is 5.31. The molecule has 122 valence electrons. The Labute approximate surface area is 137 Å². The molecule has 0 spiro atoms. The predicted molar refractivity (Wildman–Crippen MR) is 88.9 cm³/mol. The number of carbonyl (C=O) groups is 1. The highest BCUT2D eigenvalue weighted by Crippen LogP contribution is 2.23. The number of hydrogen-bond donors (Lipinski definition) is 1. The van der Waals surface area contributed by atoms with Crippen LogP contribution in [0.3, 0.4) is 0 Å². The lowest BCUT2D eigenvalue weighted by Crippen LogP contribution is -2.11. The average molecular weight is 326 g/mol. The van der Waals surface area contributed by atoms with Gasteiger partial charge in [-0.05, 0) is 24.6 Å². The van der Waals surface area contributed by atoms with Crippen molar-refractivity contribution in [2.45, 2.75) is 45.4 Å². The molecular weight excluding hydrogens is 302 g/mol. The van der Waals surface area contributed by atoms with E-state index in [4.69, 9.17) is 16.7 Å². The van der Waals surface area contributed by atoms with Gasteiger partial charge in [0.2, 0.25) is 0 Å². The van der Waals surface area contributed by atoms with Crippen molar-refractivity contribution >= 4 is 23.3 Å². The van der Waals surface area contributed by atoms with Gasteiger partial charge in [0.05, 0.1) is 5.56 Å². The molecule has 1 aromatic rings. The second kappa shape index (κ2) is 10.2. The van der Waals surface area contributed by atoms with Crippen LogP contribution in [-0.4, -0.2) is 29.7 Å². The summed E-state index contributed by atoms with van der Waals surface area (Å²) in [5.74, 6) is -1.06. The van der Waals surface area contributed by atoms with Crippen molar-refractivity contribution in [1.29, 1.82) is 0 Å². The molecule has 1 N–H and O–H groups in total. The van der Waals surface area contributed by atoms with Crippen LogP contribution < -0.4 is 0 Å². The van der Waals surface area contributed by atoms with Crippen molar-refractivity contribution in [2.24, 2.45) is 10.3 Å². The first kappa shape index (κ1) is 18.4. The fourth-order valence-electron chi connectivity index (χ4n) is 2.06. The first-order valence-electron chi connectivity index (χ1n) is 7.70.